The quantitative estimate of drug-likeness (QED) is 0.557. The first kappa shape index (κ1) is 9.93. The van der Waals surface area contributed by atoms with E-state index in [9.17, 15) is 4.79 Å². The Kier molecular flexibility index (Phi) is 2.74. The summed E-state index contributed by atoms with van der Waals surface area (Å²) in [4.78, 5) is 10.9. The highest BCUT2D eigenvalue weighted by Crippen LogP contribution is 2.37. The predicted octanol–water partition coefficient (Wildman–Crippen LogP) is 0.0503. The number of hydrogen-bond donors (Lipinski definition) is 3. The van der Waals surface area contributed by atoms with E-state index in [1.54, 1.807) is 0 Å². The van der Waals surface area contributed by atoms with Crippen molar-refractivity contribution in [2.24, 2.45) is 11.3 Å². The van der Waals surface area contributed by atoms with Crippen LogP contribution in [0.4, 0.5) is 0 Å². The Balaban J connectivity index is 2.01. The van der Waals surface area contributed by atoms with Crippen LogP contribution in [0, 0.1) is 11.3 Å². The van der Waals surface area contributed by atoms with Crippen LogP contribution in [0.3, 0.4) is 0 Å². The molecule has 0 amide bonds. The largest absolute Gasteiger partial charge is 0.481 e. The van der Waals surface area contributed by atoms with Gasteiger partial charge in [-0.3, -0.25) is 4.79 Å². The van der Waals surface area contributed by atoms with Crippen molar-refractivity contribution in [1.82, 2.24) is 10.6 Å². The maximum Gasteiger partial charge on any atom is 0.307 e. The summed E-state index contributed by atoms with van der Waals surface area (Å²) in [5.74, 6) is -0.822. The van der Waals surface area contributed by atoms with Gasteiger partial charge in [0.05, 0.1) is 5.92 Å². The summed E-state index contributed by atoms with van der Waals surface area (Å²) >= 11 is 0. The lowest BCUT2D eigenvalue weighted by Gasteiger charge is -2.43. The molecular weight excluding hydrogens is 180 g/mol. The summed E-state index contributed by atoms with van der Waals surface area (Å²) in [5.41, 5.74) is 0.257. The fraction of sp³-hybridized carbons (Fsp3) is 0.900. The van der Waals surface area contributed by atoms with Crippen LogP contribution in [0.1, 0.15) is 19.3 Å². The lowest BCUT2D eigenvalue weighted by Crippen LogP contribution is -2.51. The molecule has 0 aromatic carbocycles. The normalized spacial score (nSPS) is 31.6. The van der Waals surface area contributed by atoms with E-state index in [1.165, 1.54) is 0 Å². The number of rotatable bonds is 1. The fourth-order valence-corrected chi connectivity index (χ4v) is 2.69. The molecule has 2 aliphatic rings. The van der Waals surface area contributed by atoms with E-state index in [-0.39, 0.29) is 11.3 Å². The molecule has 0 aliphatic carbocycles. The Hall–Kier alpha value is -0.610. The number of aliphatic carboxylic acids is 1. The molecule has 1 spiro atoms. The van der Waals surface area contributed by atoms with Crippen molar-refractivity contribution >= 4 is 5.97 Å². The molecule has 2 saturated heterocycles. The Morgan fingerprint density at radius 2 is 2.00 bits per heavy atom. The topological polar surface area (TPSA) is 61.4 Å². The second-order valence-corrected chi connectivity index (χ2v) is 4.62. The molecule has 0 bridgehead atoms. The van der Waals surface area contributed by atoms with Crippen molar-refractivity contribution in [3.63, 3.8) is 0 Å². The van der Waals surface area contributed by atoms with Gasteiger partial charge in [-0.2, -0.15) is 0 Å². The monoisotopic (exact) mass is 198 g/mol. The minimum Gasteiger partial charge on any atom is -0.481 e. The molecule has 14 heavy (non-hydrogen) atoms. The first-order valence-electron chi connectivity index (χ1n) is 5.36. The molecule has 1 atom stereocenters. The third kappa shape index (κ3) is 1.91. The van der Waals surface area contributed by atoms with E-state index in [2.05, 4.69) is 10.6 Å². The molecule has 4 nitrogen and oxygen atoms in total. The molecular formula is C10H18N2O2. The first-order chi connectivity index (χ1) is 6.72. The van der Waals surface area contributed by atoms with E-state index in [0.717, 1.165) is 38.9 Å². The van der Waals surface area contributed by atoms with Gasteiger partial charge in [0.2, 0.25) is 0 Å². The van der Waals surface area contributed by atoms with E-state index in [4.69, 9.17) is 5.11 Å². The van der Waals surface area contributed by atoms with Crippen LogP contribution in [-0.2, 0) is 4.79 Å². The second-order valence-electron chi connectivity index (χ2n) is 4.62. The number of carboxylic acid groups (broad SMARTS) is 1. The van der Waals surface area contributed by atoms with Crippen LogP contribution in [0.15, 0.2) is 0 Å². The van der Waals surface area contributed by atoms with Crippen molar-refractivity contribution in [2.45, 2.75) is 19.3 Å². The third-order valence-electron chi connectivity index (χ3n) is 3.58. The number of hydrogen-bond acceptors (Lipinski definition) is 3. The van der Waals surface area contributed by atoms with Gasteiger partial charge in [0, 0.05) is 13.1 Å². The Bertz CT molecular complexity index is 219. The van der Waals surface area contributed by atoms with E-state index in [1.807, 2.05) is 0 Å². The van der Waals surface area contributed by atoms with Crippen molar-refractivity contribution in [2.75, 3.05) is 26.2 Å². The maximum atomic E-state index is 10.9. The molecule has 1 unspecified atom stereocenters. The van der Waals surface area contributed by atoms with Gasteiger partial charge in [0.15, 0.2) is 0 Å². The number of nitrogens with one attached hydrogen (secondary N) is 2. The number of carboxylic acids is 1. The summed E-state index contributed by atoms with van der Waals surface area (Å²) in [6.07, 6.45) is 3.09. The zero-order chi connectivity index (χ0) is 10.0. The van der Waals surface area contributed by atoms with Gasteiger partial charge in [-0.05, 0) is 37.8 Å². The molecule has 2 rings (SSSR count). The minimum atomic E-state index is -0.643. The highest BCUT2D eigenvalue weighted by Gasteiger charge is 2.39. The molecule has 3 N–H and O–H groups in total. The highest BCUT2D eigenvalue weighted by molar-refractivity contribution is 5.70. The smallest absolute Gasteiger partial charge is 0.307 e. The summed E-state index contributed by atoms with van der Waals surface area (Å²) in [5, 5.41) is 15.6. The van der Waals surface area contributed by atoms with Gasteiger partial charge >= 0.3 is 5.97 Å². The summed E-state index contributed by atoms with van der Waals surface area (Å²) in [6, 6.07) is 0. The van der Waals surface area contributed by atoms with Gasteiger partial charge in [-0.15, -0.1) is 0 Å². The van der Waals surface area contributed by atoms with E-state index >= 15 is 0 Å². The molecule has 0 radical (unpaired) electrons. The highest BCUT2D eigenvalue weighted by atomic mass is 16.4. The van der Waals surface area contributed by atoms with Crippen molar-refractivity contribution < 1.29 is 9.90 Å². The molecule has 2 heterocycles. The van der Waals surface area contributed by atoms with Crippen molar-refractivity contribution in [3.8, 4) is 0 Å². The van der Waals surface area contributed by atoms with Crippen LogP contribution in [0.2, 0.25) is 0 Å². The lowest BCUT2D eigenvalue weighted by molar-refractivity contribution is -0.144. The van der Waals surface area contributed by atoms with Gasteiger partial charge in [-0.1, -0.05) is 0 Å². The average Bonchev–Trinajstić information content (AvgIpc) is 2.19. The van der Waals surface area contributed by atoms with Crippen molar-refractivity contribution in [3.05, 3.63) is 0 Å². The minimum absolute atomic E-state index is 0.179. The number of piperidine rings is 2. The van der Waals surface area contributed by atoms with Crippen LogP contribution < -0.4 is 10.6 Å². The summed E-state index contributed by atoms with van der Waals surface area (Å²) in [7, 11) is 0. The molecule has 0 aromatic rings. The Labute approximate surface area is 84.1 Å². The zero-order valence-electron chi connectivity index (χ0n) is 8.38. The molecule has 0 saturated carbocycles. The van der Waals surface area contributed by atoms with Crippen LogP contribution in [0.25, 0.3) is 0 Å². The molecule has 0 aromatic heterocycles. The predicted molar refractivity (Wildman–Crippen MR) is 53.1 cm³/mol. The van der Waals surface area contributed by atoms with E-state index in [0.29, 0.717) is 6.54 Å². The molecule has 4 heteroatoms. The first-order valence-corrected chi connectivity index (χ1v) is 5.36. The van der Waals surface area contributed by atoms with Gasteiger partial charge in [0.1, 0.15) is 0 Å². The zero-order valence-corrected chi connectivity index (χ0v) is 8.38. The van der Waals surface area contributed by atoms with Gasteiger partial charge in [-0.25, -0.2) is 0 Å². The second kappa shape index (κ2) is 3.87. The maximum absolute atomic E-state index is 10.9. The SMILES string of the molecule is O=C(O)C1CNCC2(CCNCC2)C1. The van der Waals surface area contributed by atoms with Gasteiger partial charge < -0.3 is 15.7 Å². The van der Waals surface area contributed by atoms with Crippen LogP contribution in [-0.4, -0.2) is 37.3 Å². The molecule has 2 fully saturated rings. The van der Waals surface area contributed by atoms with E-state index < -0.39 is 5.97 Å². The Morgan fingerprint density at radius 3 is 2.64 bits per heavy atom. The number of carbonyl (C=O) groups is 1. The molecule has 2 aliphatic heterocycles. The third-order valence-corrected chi connectivity index (χ3v) is 3.58. The average molecular weight is 198 g/mol. The van der Waals surface area contributed by atoms with Crippen LogP contribution >= 0.6 is 0 Å². The fourth-order valence-electron chi connectivity index (χ4n) is 2.69. The standard InChI is InChI=1S/C10H18N2O2/c13-9(14)8-5-10(7-12-6-8)1-3-11-4-2-10/h8,11-12H,1-7H2,(H,13,14). The molecule has 80 valence electrons. The summed E-state index contributed by atoms with van der Waals surface area (Å²) in [6.45, 7) is 3.71. The Morgan fingerprint density at radius 1 is 1.29 bits per heavy atom. The van der Waals surface area contributed by atoms with Crippen LogP contribution in [0.5, 0.6) is 0 Å². The van der Waals surface area contributed by atoms with Crippen molar-refractivity contribution in [1.29, 1.82) is 0 Å². The van der Waals surface area contributed by atoms with Gasteiger partial charge in [0.25, 0.3) is 0 Å². The lowest BCUT2D eigenvalue weighted by atomic mass is 9.70. The summed E-state index contributed by atoms with van der Waals surface area (Å²) < 4.78 is 0.